The lowest BCUT2D eigenvalue weighted by Crippen LogP contribution is -2.45. The van der Waals surface area contributed by atoms with E-state index < -0.39 is 0 Å². The van der Waals surface area contributed by atoms with Crippen LogP contribution in [-0.4, -0.2) is 28.3 Å². The van der Waals surface area contributed by atoms with E-state index in [1.807, 2.05) is 43.3 Å². The second-order valence-corrected chi connectivity index (χ2v) is 7.19. The lowest BCUT2D eigenvalue weighted by molar-refractivity contribution is -0.123. The first kappa shape index (κ1) is 18.2. The molecule has 0 atom stereocenters. The number of rotatable bonds is 4. The maximum absolute atomic E-state index is 12.7. The number of para-hydroxylation sites is 1. The van der Waals surface area contributed by atoms with Crippen LogP contribution in [0.1, 0.15) is 21.5 Å². The minimum absolute atomic E-state index is 0.276. The van der Waals surface area contributed by atoms with Gasteiger partial charge in [0.05, 0.1) is 12.0 Å². The molecular formula is C19H16N2O3S2. The average molecular weight is 384 g/mol. The first-order chi connectivity index (χ1) is 12.5. The Bertz CT molecular complexity index is 925. The fourth-order valence-corrected chi connectivity index (χ4v) is 3.65. The molecule has 5 nitrogen and oxygen atoms in total. The smallest absolute Gasteiger partial charge is 0.285 e. The van der Waals surface area contributed by atoms with Crippen molar-refractivity contribution >= 4 is 46.2 Å². The highest BCUT2D eigenvalue weighted by molar-refractivity contribution is 8.26. The molecule has 1 saturated heterocycles. The van der Waals surface area contributed by atoms with Crippen LogP contribution in [0, 0.1) is 6.92 Å². The van der Waals surface area contributed by atoms with E-state index in [1.165, 1.54) is 0 Å². The highest BCUT2D eigenvalue weighted by Crippen LogP contribution is 2.33. The average Bonchev–Trinajstić information content (AvgIpc) is 2.90. The van der Waals surface area contributed by atoms with Crippen molar-refractivity contribution in [2.45, 2.75) is 6.92 Å². The third kappa shape index (κ3) is 3.63. The Morgan fingerprint density at radius 2 is 1.88 bits per heavy atom. The van der Waals surface area contributed by atoms with Crippen LogP contribution in [0.25, 0.3) is 6.08 Å². The molecule has 0 radical (unpaired) electrons. The van der Waals surface area contributed by atoms with Gasteiger partial charge in [0, 0.05) is 11.1 Å². The van der Waals surface area contributed by atoms with Gasteiger partial charge in [-0.15, -0.1) is 0 Å². The van der Waals surface area contributed by atoms with E-state index in [0.717, 1.165) is 27.9 Å². The number of hydrogen-bond donors (Lipinski definition) is 1. The van der Waals surface area contributed by atoms with E-state index in [4.69, 9.17) is 17.0 Å². The SMILES string of the molecule is COc1ccccc1C=C1SC(=S)N(NC(=O)c2ccccc2C)C1=O. The summed E-state index contributed by atoms with van der Waals surface area (Å²) in [5.74, 6) is -0.0903. The summed E-state index contributed by atoms with van der Waals surface area (Å²) in [5.41, 5.74) is 4.67. The number of hydrogen-bond acceptors (Lipinski definition) is 5. The number of carbonyl (C=O) groups excluding carboxylic acids is 2. The summed E-state index contributed by atoms with van der Waals surface area (Å²) in [6, 6.07) is 14.5. The van der Waals surface area contributed by atoms with Crippen molar-refractivity contribution in [2.24, 2.45) is 0 Å². The van der Waals surface area contributed by atoms with Gasteiger partial charge in [-0.05, 0) is 42.9 Å². The predicted molar refractivity (Wildman–Crippen MR) is 107 cm³/mol. The highest BCUT2D eigenvalue weighted by atomic mass is 32.2. The summed E-state index contributed by atoms with van der Waals surface area (Å²) in [6.45, 7) is 1.83. The molecule has 2 aromatic carbocycles. The molecule has 0 bridgehead atoms. The molecule has 1 aliphatic rings. The van der Waals surface area contributed by atoms with Crippen molar-refractivity contribution in [3.63, 3.8) is 0 Å². The van der Waals surface area contributed by atoms with Crippen LogP contribution in [0.15, 0.2) is 53.4 Å². The number of nitrogens with zero attached hydrogens (tertiary/aromatic N) is 1. The molecule has 3 rings (SSSR count). The van der Waals surface area contributed by atoms with Crippen LogP contribution in [0.5, 0.6) is 5.75 Å². The first-order valence-electron chi connectivity index (χ1n) is 7.79. The lowest BCUT2D eigenvalue weighted by atomic mass is 10.1. The van der Waals surface area contributed by atoms with Crippen molar-refractivity contribution in [3.05, 3.63) is 70.1 Å². The minimum Gasteiger partial charge on any atom is -0.496 e. The Kier molecular flexibility index (Phi) is 5.39. The molecule has 0 saturated carbocycles. The molecule has 1 N–H and O–H groups in total. The Hall–Kier alpha value is -2.64. The van der Waals surface area contributed by atoms with Crippen LogP contribution in [0.2, 0.25) is 0 Å². The van der Waals surface area contributed by atoms with Crippen LogP contribution >= 0.6 is 24.0 Å². The van der Waals surface area contributed by atoms with Gasteiger partial charge in [-0.2, -0.15) is 5.01 Å². The molecule has 0 unspecified atom stereocenters. The molecular weight excluding hydrogens is 368 g/mol. The third-order valence-corrected chi connectivity index (χ3v) is 5.12. The zero-order valence-corrected chi connectivity index (χ0v) is 15.8. The predicted octanol–water partition coefficient (Wildman–Crippen LogP) is 3.55. The van der Waals surface area contributed by atoms with Crippen molar-refractivity contribution in [2.75, 3.05) is 7.11 Å². The second kappa shape index (κ2) is 7.72. The van der Waals surface area contributed by atoms with Crippen LogP contribution in [0.3, 0.4) is 0 Å². The standard InChI is InChI=1S/C19H16N2O3S2/c1-12-7-3-5-9-14(12)17(22)20-21-18(23)16(26-19(21)25)11-13-8-4-6-10-15(13)24-2/h3-11H,1-2H3,(H,20,22). The lowest BCUT2D eigenvalue weighted by Gasteiger charge is -2.16. The summed E-state index contributed by atoms with van der Waals surface area (Å²) in [6.07, 6.45) is 1.71. The largest absolute Gasteiger partial charge is 0.496 e. The van der Waals surface area contributed by atoms with Gasteiger partial charge in [-0.25, -0.2) is 0 Å². The van der Waals surface area contributed by atoms with Gasteiger partial charge in [0.15, 0.2) is 4.32 Å². The van der Waals surface area contributed by atoms with Crippen LogP contribution in [0.4, 0.5) is 0 Å². The molecule has 2 amide bonds. The number of hydrazine groups is 1. The van der Waals surface area contributed by atoms with E-state index in [2.05, 4.69) is 5.43 Å². The van der Waals surface area contributed by atoms with E-state index in [1.54, 1.807) is 25.3 Å². The Morgan fingerprint density at radius 1 is 1.19 bits per heavy atom. The fourth-order valence-electron chi connectivity index (χ4n) is 2.48. The molecule has 2 aromatic rings. The molecule has 1 aliphatic heterocycles. The summed E-state index contributed by atoms with van der Waals surface area (Å²) in [7, 11) is 1.57. The molecule has 0 spiro atoms. The molecule has 132 valence electrons. The van der Waals surface area contributed by atoms with Gasteiger partial charge in [0.2, 0.25) is 0 Å². The minimum atomic E-state index is -0.377. The molecule has 26 heavy (non-hydrogen) atoms. The number of benzene rings is 2. The summed E-state index contributed by atoms with van der Waals surface area (Å²) >= 11 is 6.39. The van der Waals surface area contributed by atoms with E-state index in [0.29, 0.717) is 16.2 Å². The van der Waals surface area contributed by atoms with Crippen LogP contribution in [-0.2, 0) is 4.79 Å². The van der Waals surface area contributed by atoms with E-state index >= 15 is 0 Å². The molecule has 0 aromatic heterocycles. The zero-order valence-electron chi connectivity index (χ0n) is 14.2. The van der Waals surface area contributed by atoms with Crippen LogP contribution < -0.4 is 10.2 Å². The number of carbonyl (C=O) groups is 2. The van der Waals surface area contributed by atoms with Crippen molar-refractivity contribution in [3.8, 4) is 5.75 Å². The number of aryl methyl sites for hydroxylation is 1. The molecule has 0 aliphatic carbocycles. The summed E-state index contributed by atoms with van der Waals surface area (Å²) in [5, 5.41) is 1.11. The van der Waals surface area contributed by atoms with E-state index in [9.17, 15) is 9.59 Å². The van der Waals surface area contributed by atoms with Gasteiger partial charge < -0.3 is 4.74 Å². The van der Waals surface area contributed by atoms with Gasteiger partial charge in [-0.1, -0.05) is 48.2 Å². The Balaban J connectivity index is 1.82. The van der Waals surface area contributed by atoms with Crippen molar-refractivity contribution in [1.82, 2.24) is 10.4 Å². The first-order valence-corrected chi connectivity index (χ1v) is 9.01. The monoisotopic (exact) mass is 384 g/mol. The van der Waals surface area contributed by atoms with Crippen molar-refractivity contribution < 1.29 is 14.3 Å². The number of amides is 2. The summed E-state index contributed by atoms with van der Waals surface area (Å²) < 4.78 is 5.57. The number of thioether (sulfide) groups is 1. The number of nitrogens with one attached hydrogen (secondary N) is 1. The maximum atomic E-state index is 12.7. The van der Waals surface area contributed by atoms with Crippen molar-refractivity contribution in [1.29, 1.82) is 0 Å². The molecule has 7 heteroatoms. The number of methoxy groups -OCH3 is 1. The maximum Gasteiger partial charge on any atom is 0.285 e. The number of thiocarbonyl (C=S) groups is 1. The Labute approximate surface area is 161 Å². The number of ether oxygens (including phenoxy) is 1. The zero-order chi connectivity index (χ0) is 18.7. The summed E-state index contributed by atoms with van der Waals surface area (Å²) in [4.78, 5) is 25.6. The normalized spacial score (nSPS) is 15.5. The van der Waals surface area contributed by atoms with E-state index in [-0.39, 0.29) is 16.1 Å². The molecule has 1 fully saturated rings. The Morgan fingerprint density at radius 3 is 2.62 bits per heavy atom. The van der Waals surface area contributed by atoms with Gasteiger partial charge >= 0.3 is 0 Å². The molecule has 1 heterocycles. The topological polar surface area (TPSA) is 58.6 Å². The third-order valence-electron chi connectivity index (χ3n) is 3.82. The fraction of sp³-hybridized carbons (Fsp3) is 0.105. The quantitative estimate of drug-likeness (QED) is 0.645. The second-order valence-electron chi connectivity index (χ2n) is 5.51. The van der Waals surface area contributed by atoms with Gasteiger partial charge in [0.1, 0.15) is 5.75 Å². The van der Waals surface area contributed by atoms with Gasteiger partial charge in [-0.3, -0.25) is 15.0 Å². The highest BCUT2D eigenvalue weighted by Gasteiger charge is 2.34. The van der Waals surface area contributed by atoms with Gasteiger partial charge in [0.25, 0.3) is 11.8 Å².